The first-order chi connectivity index (χ1) is 8.22. The highest BCUT2D eigenvalue weighted by atomic mass is 16.3. The molecule has 0 atom stereocenters. The summed E-state index contributed by atoms with van der Waals surface area (Å²) in [5.74, 6) is 1.74. The Morgan fingerprint density at radius 3 is 2.76 bits per heavy atom. The standard InChI is InChI=1S/C12H16N4O/c1-9-10(3-6-17-9)8-16(2)12-11(7-13)14-4-5-15-12/h3-6H,7-8,13H2,1-2H3. The van der Waals surface area contributed by atoms with Crippen molar-refractivity contribution in [3.8, 4) is 0 Å². The third kappa shape index (κ3) is 2.45. The van der Waals surface area contributed by atoms with Gasteiger partial charge in [-0.05, 0) is 13.0 Å². The third-order valence-electron chi connectivity index (χ3n) is 2.68. The summed E-state index contributed by atoms with van der Waals surface area (Å²) < 4.78 is 5.27. The average Bonchev–Trinajstić information content (AvgIpc) is 2.75. The number of furan rings is 1. The predicted molar refractivity (Wildman–Crippen MR) is 65.5 cm³/mol. The quantitative estimate of drug-likeness (QED) is 0.864. The van der Waals surface area contributed by atoms with E-state index in [4.69, 9.17) is 10.2 Å². The van der Waals surface area contributed by atoms with E-state index in [1.165, 1.54) is 0 Å². The molecule has 2 N–H and O–H groups in total. The molecule has 17 heavy (non-hydrogen) atoms. The fourth-order valence-electron chi connectivity index (χ4n) is 1.73. The van der Waals surface area contributed by atoms with Crippen molar-refractivity contribution in [3.05, 3.63) is 41.7 Å². The minimum atomic E-state index is 0.387. The van der Waals surface area contributed by atoms with Crippen LogP contribution in [0.2, 0.25) is 0 Å². The SMILES string of the molecule is Cc1occc1CN(C)c1nccnc1CN. The van der Waals surface area contributed by atoms with Crippen molar-refractivity contribution < 1.29 is 4.42 Å². The molecule has 0 spiro atoms. The van der Waals surface area contributed by atoms with Crippen LogP contribution in [0.3, 0.4) is 0 Å². The highest BCUT2D eigenvalue weighted by Gasteiger charge is 2.11. The zero-order chi connectivity index (χ0) is 12.3. The van der Waals surface area contributed by atoms with Gasteiger partial charge in [-0.1, -0.05) is 0 Å². The van der Waals surface area contributed by atoms with E-state index in [0.29, 0.717) is 6.54 Å². The number of rotatable bonds is 4. The lowest BCUT2D eigenvalue weighted by atomic mass is 10.2. The number of nitrogens with zero attached hydrogens (tertiary/aromatic N) is 3. The average molecular weight is 232 g/mol. The number of aryl methyl sites for hydroxylation is 1. The minimum absolute atomic E-state index is 0.387. The Bertz CT molecular complexity index is 495. The maximum atomic E-state index is 5.64. The maximum Gasteiger partial charge on any atom is 0.151 e. The first-order valence-electron chi connectivity index (χ1n) is 5.46. The van der Waals surface area contributed by atoms with Gasteiger partial charge in [-0.25, -0.2) is 4.98 Å². The summed E-state index contributed by atoms with van der Waals surface area (Å²) >= 11 is 0. The van der Waals surface area contributed by atoms with Crippen LogP contribution >= 0.6 is 0 Å². The largest absolute Gasteiger partial charge is 0.469 e. The highest BCUT2D eigenvalue weighted by Crippen LogP contribution is 2.17. The minimum Gasteiger partial charge on any atom is -0.469 e. The second-order valence-electron chi connectivity index (χ2n) is 3.89. The van der Waals surface area contributed by atoms with Crippen LogP contribution in [0.15, 0.2) is 29.1 Å². The number of aromatic nitrogens is 2. The molecule has 0 radical (unpaired) electrons. The van der Waals surface area contributed by atoms with E-state index in [9.17, 15) is 0 Å². The van der Waals surface area contributed by atoms with Gasteiger partial charge in [0.25, 0.3) is 0 Å². The molecule has 0 saturated heterocycles. The van der Waals surface area contributed by atoms with Crippen LogP contribution in [0.4, 0.5) is 5.82 Å². The van der Waals surface area contributed by atoms with Crippen LogP contribution < -0.4 is 10.6 Å². The number of hydrogen-bond acceptors (Lipinski definition) is 5. The summed E-state index contributed by atoms with van der Waals surface area (Å²) in [7, 11) is 1.97. The summed E-state index contributed by atoms with van der Waals surface area (Å²) in [6.07, 6.45) is 5.02. The first kappa shape index (κ1) is 11.6. The van der Waals surface area contributed by atoms with Gasteiger partial charge in [-0.2, -0.15) is 0 Å². The van der Waals surface area contributed by atoms with Gasteiger partial charge in [-0.3, -0.25) is 4.98 Å². The van der Waals surface area contributed by atoms with E-state index in [0.717, 1.165) is 29.4 Å². The predicted octanol–water partition coefficient (Wildman–Crippen LogP) is 1.47. The number of anilines is 1. The van der Waals surface area contributed by atoms with E-state index in [1.54, 1.807) is 18.7 Å². The molecule has 0 aromatic carbocycles. The van der Waals surface area contributed by atoms with E-state index in [1.807, 2.05) is 24.9 Å². The molecule has 5 heteroatoms. The molecule has 0 saturated carbocycles. The summed E-state index contributed by atoms with van der Waals surface area (Å²) in [6, 6.07) is 1.96. The van der Waals surface area contributed by atoms with Crippen molar-refractivity contribution in [2.75, 3.05) is 11.9 Å². The number of hydrogen-bond donors (Lipinski definition) is 1. The van der Waals surface area contributed by atoms with Gasteiger partial charge in [0.15, 0.2) is 5.82 Å². The van der Waals surface area contributed by atoms with Crippen molar-refractivity contribution >= 4 is 5.82 Å². The highest BCUT2D eigenvalue weighted by molar-refractivity contribution is 5.43. The van der Waals surface area contributed by atoms with Crippen molar-refractivity contribution in [1.82, 2.24) is 9.97 Å². The molecule has 0 unspecified atom stereocenters. The van der Waals surface area contributed by atoms with Crippen LogP contribution in [0.25, 0.3) is 0 Å². The van der Waals surface area contributed by atoms with Crippen LogP contribution in [0, 0.1) is 6.92 Å². The third-order valence-corrected chi connectivity index (χ3v) is 2.68. The molecule has 2 aromatic rings. The van der Waals surface area contributed by atoms with E-state index in [2.05, 4.69) is 9.97 Å². The lowest BCUT2D eigenvalue weighted by molar-refractivity contribution is 0.529. The molecular formula is C12H16N4O. The lowest BCUT2D eigenvalue weighted by Crippen LogP contribution is -2.21. The molecule has 2 aromatic heterocycles. The molecule has 0 aliphatic rings. The monoisotopic (exact) mass is 232 g/mol. The Kier molecular flexibility index (Phi) is 3.39. The van der Waals surface area contributed by atoms with Crippen molar-refractivity contribution in [1.29, 1.82) is 0 Å². The second-order valence-corrected chi connectivity index (χ2v) is 3.89. The molecule has 0 aliphatic heterocycles. The first-order valence-corrected chi connectivity index (χ1v) is 5.46. The van der Waals surface area contributed by atoms with Crippen LogP contribution in [-0.2, 0) is 13.1 Å². The zero-order valence-electron chi connectivity index (χ0n) is 10.1. The molecule has 0 bridgehead atoms. The maximum absolute atomic E-state index is 5.64. The fourth-order valence-corrected chi connectivity index (χ4v) is 1.73. The van der Waals surface area contributed by atoms with Crippen LogP contribution in [0.5, 0.6) is 0 Å². The normalized spacial score (nSPS) is 10.5. The van der Waals surface area contributed by atoms with E-state index < -0.39 is 0 Å². The molecular weight excluding hydrogens is 216 g/mol. The van der Waals surface area contributed by atoms with Gasteiger partial charge in [0, 0.05) is 38.1 Å². The molecule has 0 fully saturated rings. The van der Waals surface area contributed by atoms with E-state index >= 15 is 0 Å². The van der Waals surface area contributed by atoms with E-state index in [-0.39, 0.29) is 0 Å². The van der Waals surface area contributed by atoms with Gasteiger partial charge in [0.05, 0.1) is 12.0 Å². The second kappa shape index (κ2) is 4.97. The molecule has 0 aliphatic carbocycles. The van der Waals surface area contributed by atoms with Crippen LogP contribution in [0.1, 0.15) is 17.0 Å². The van der Waals surface area contributed by atoms with Crippen molar-refractivity contribution in [2.45, 2.75) is 20.0 Å². The van der Waals surface area contributed by atoms with Crippen molar-refractivity contribution in [3.63, 3.8) is 0 Å². The summed E-state index contributed by atoms with van der Waals surface area (Å²) in [4.78, 5) is 10.6. The Hall–Kier alpha value is -1.88. The molecule has 90 valence electrons. The zero-order valence-corrected chi connectivity index (χ0v) is 10.1. The van der Waals surface area contributed by atoms with Crippen molar-refractivity contribution in [2.24, 2.45) is 5.73 Å². The molecule has 0 amide bonds. The molecule has 5 nitrogen and oxygen atoms in total. The molecule has 2 heterocycles. The fraction of sp³-hybridized carbons (Fsp3) is 0.333. The summed E-state index contributed by atoms with van der Waals surface area (Å²) in [5.41, 5.74) is 7.59. The Labute approximate surface area is 100 Å². The van der Waals surface area contributed by atoms with Crippen LogP contribution in [-0.4, -0.2) is 17.0 Å². The Morgan fingerprint density at radius 1 is 1.35 bits per heavy atom. The Balaban J connectivity index is 2.20. The van der Waals surface area contributed by atoms with Gasteiger partial charge < -0.3 is 15.1 Å². The molecule has 2 rings (SSSR count). The smallest absolute Gasteiger partial charge is 0.151 e. The summed E-state index contributed by atoms with van der Waals surface area (Å²) in [5, 5.41) is 0. The Morgan fingerprint density at radius 2 is 2.12 bits per heavy atom. The van der Waals surface area contributed by atoms with Gasteiger partial charge in [-0.15, -0.1) is 0 Å². The van der Waals surface area contributed by atoms with Gasteiger partial charge in [0.1, 0.15) is 5.76 Å². The van der Waals surface area contributed by atoms with Gasteiger partial charge >= 0.3 is 0 Å². The number of nitrogens with two attached hydrogens (primary N) is 1. The topological polar surface area (TPSA) is 68.2 Å². The lowest BCUT2D eigenvalue weighted by Gasteiger charge is -2.19. The summed E-state index contributed by atoms with van der Waals surface area (Å²) in [6.45, 7) is 3.07. The van der Waals surface area contributed by atoms with Gasteiger partial charge in [0.2, 0.25) is 0 Å².